The normalized spacial score (nSPS) is 15.4. The molecule has 0 radical (unpaired) electrons. The largest absolute Gasteiger partial charge is 0.487 e. The second kappa shape index (κ2) is 10.5. The third-order valence-corrected chi connectivity index (χ3v) is 6.05. The lowest BCUT2D eigenvalue weighted by Crippen LogP contribution is -2.31. The summed E-state index contributed by atoms with van der Waals surface area (Å²) in [5.74, 6) is -0.406. The van der Waals surface area contributed by atoms with Crippen molar-refractivity contribution in [2.45, 2.75) is 38.3 Å². The van der Waals surface area contributed by atoms with E-state index in [4.69, 9.17) is 16.3 Å². The number of hydrogen-bond donors (Lipinski definition) is 1. The van der Waals surface area contributed by atoms with Gasteiger partial charge in [-0.25, -0.2) is 4.79 Å². The fourth-order valence-corrected chi connectivity index (χ4v) is 4.23. The number of ether oxygens (including phenoxy) is 1. The molecule has 2 heterocycles. The van der Waals surface area contributed by atoms with E-state index < -0.39 is 5.97 Å². The Labute approximate surface area is 197 Å². The lowest BCUT2D eigenvalue weighted by molar-refractivity contribution is -0.132. The van der Waals surface area contributed by atoms with Crippen LogP contribution in [0.25, 0.3) is 0 Å². The van der Waals surface area contributed by atoms with Gasteiger partial charge in [-0.3, -0.25) is 9.78 Å². The van der Waals surface area contributed by atoms with Crippen molar-refractivity contribution in [1.82, 2.24) is 9.88 Å². The molecule has 0 bridgehead atoms. The van der Waals surface area contributed by atoms with Gasteiger partial charge in [-0.1, -0.05) is 41.9 Å². The predicted molar refractivity (Wildman–Crippen MR) is 125 cm³/mol. The number of pyridine rings is 1. The number of aromatic carboxylic acids is 1. The molecular weight excluding hydrogens is 440 g/mol. The van der Waals surface area contributed by atoms with Crippen LogP contribution in [0.2, 0.25) is 5.02 Å². The lowest BCUT2D eigenvalue weighted by atomic mass is 10.1. The summed E-state index contributed by atoms with van der Waals surface area (Å²) < 4.78 is 5.75. The van der Waals surface area contributed by atoms with Crippen molar-refractivity contribution in [2.75, 3.05) is 6.54 Å². The summed E-state index contributed by atoms with van der Waals surface area (Å²) >= 11 is 5.91. The Balaban J connectivity index is 1.49. The summed E-state index contributed by atoms with van der Waals surface area (Å²) in [6.45, 7) is 0.684. The Hall–Kier alpha value is -3.38. The number of amides is 1. The number of halogens is 1. The first-order chi connectivity index (χ1) is 16.0. The maximum absolute atomic E-state index is 13.0. The highest BCUT2D eigenvalue weighted by atomic mass is 35.5. The molecule has 6 nitrogen and oxygen atoms in total. The van der Waals surface area contributed by atoms with Crippen molar-refractivity contribution in [2.24, 2.45) is 0 Å². The van der Waals surface area contributed by atoms with Crippen molar-refractivity contribution >= 4 is 23.5 Å². The van der Waals surface area contributed by atoms with Crippen LogP contribution in [0.4, 0.5) is 0 Å². The first-order valence-electron chi connectivity index (χ1n) is 11.0. The molecule has 7 heteroatoms. The fourth-order valence-electron chi connectivity index (χ4n) is 4.10. The molecule has 4 rings (SSSR count). The van der Waals surface area contributed by atoms with E-state index >= 15 is 0 Å². The first kappa shape index (κ1) is 22.8. The Morgan fingerprint density at radius 3 is 2.55 bits per heavy atom. The second-order valence-corrected chi connectivity index (χ2v) is 8.45. The molecule has 1 amide bonds. The number of aromatic nitrogens is 1. The van der Waals surface area contributed by atoms with Crippen LogP contribution in [0.15, 0.2) is 66.7 Å². The van der Waals surface area contributed by atoms with Crippen molar-refractivity contribution < 1.29 is 19.4 Å². The van der Waals surface area contributed by atoms with Crippen LogP contribution in [-0.2, 0) is 17.8 Å². The molecule has 1 saturated heterocycles. The van der Waals surface area contributed by atoms with Crippen molar-refractivity contribution in [3.05, 3.63) is 94.3 Å². The van der Waals surface area contributed by atoms with Gasteiger partial charge in [-0.2, -0.15) is 0 Å². The SMILES string of the molecule is O=C(O)c1ccc([C@H]2CCCN2C(=O)CCc2ccccc2)nc1COc1ccc(Cl)cc1. The third kappa shape index (κ3) is 5.71. The van der Waals surface area contributed by atoms with Crippen LogP contribution in [-0.4, -0.2) is 33.4 Å². The zero-order chi connectivity index (χ0) is 23.2. The standard InChI is InChI=1S/C26H25ClN2O4/c27-19-9-11-20(12-10-19)33-17-23-21(26(31)32)13-14-22(28-23)24-7-4-16-29(24)25(30)15-8-18-5-2-1-3-6-18/h1-3,5-6,9-14,24H,4,7-8,15-17H2,(H,31,32)/t24-/m1/s1. The Morgan fingerprint density at radius 1 is 1.06 bits per heavy atom. The van der Waals surface area contributed by atoms with Crippen LogP contribution in [0.1, 0.15) is 52.6 Å². The van der Waals surface area contributed by atoms with Gasteiger partial charge in [0.05, 0.1) is 23.0 Å². The van der Waals surface area contributed by atoms with Gasteiger partial charge < -0.3 is 14.7 Å². The number of carboxylic acids is 1. The summed E-state index contributed by atoms with van der Waals surface area (Å²) in [7, 11) is 0. The topological polar surface area (TPSA) is 79.7 Å². The lowest BCUT2D eigenvalue weighted by Gasteiger charge is -2.25. The van der Waals surface area contributed by atoms with Crippen molar-refractivity contribution in [3.8, 4) is 5.75 Å². The monoisotopic (exact) mass is 464 g/mol. The highest BCUT2D eigenvalue weighted by Crippen LogP contribution is 2.32. The average Bonchev–Trinajstić information content (AvgIpc) is 3.33. The molecule has 1 N–H and O–H groups in total. The highest BCUT2D eigenvalue weighted by molar-refractivity contribution is 6.30. The van der Waals surface area contributed by atoms with Crippen molar-refractivity contribution in [3.63, 3.8) is 0 Å². The Morgan fingerprint density at radius 2 is 1.82 bits per heavy atom. The Bertz CT molecular complexity index is 1120. The van der Waals surface area contributed by atoms with E-state index in [1.807, 2.05) is 35.2 Å². The van der Waals surface area contributed by atoms with E-state index in [0.29, 0.717) is 41.5 Å². The molecule has 1 aromatic heterocycles. The molecule has 1 atom stereocenters. The van der Waals surface area contributed by atoms with E-state index in [0.717, 1.165) is 18.4 Å². The molecular formula is C26H25ClN2O4. The summed E-state index contributed by atoms with van der Waals surface area (Å²) in [6.07, 6.45) is 2.81. The van der Waals surface area contributed by atoms with Gasteiger partial charge in [-0.15, -0.1) is 0 Å². The van der Waals surface area contributed by atoms with Gasteiger partial charge in [0.25, 0.3) is 0 Å². The molecule has 170 valence electrons. The maximum Gasteiger partial charge on any atom is 0.337 e. The van der Waals surface area contributed by atoms with Crippen LogP contribution >= 0.6 is 11.6 Å². The van der Waals surface area contributed by atoms with Gasteiger partial charge >= 0.3 is 5.97 Å². The minimum atomic E-state index is -1.06. The molecule has 3 aromatic rings. The van der Waals surface area contributed by atoms with E-state index in [1.54, 1.807) is 36.4 Å². The van der Waals surface area contributed by atoms with E-state index in [9.17, 15) is 14.7 Å². The smallest absolute Gasteiger partial charge is 0.337 e. The number of hydrogen-bond acceptors (Lipinski definition) is 4. The second-order valence-electron chi connectivity index (χ2n) is 8.01. The molecule has 1 aliphatic rings. The minimum Gasteiger partial charge on any atom is -0.487 e. The van der Waals surface area contributed by atoms with Gasteiger partial charge in [-0.05, 0) is 61.2 Å². The summed E-state index contributed by atoms with van der Waals surface area (Å²) in [4.78, 5) is 31.2. The van der Waals surface area contributed by atoms with E-state index in [-0.39, 0.29) is 24.1 Å². The molecule has 0 aliphatic carbocycles. The molecule has 0 unspecified atom stereocenters. The molecule has 0 spiro atoms. The fraction of sp³-hybridized carbons (Fsp3) is 0.269. The molecule has 1 aliphatic heterocycles. The van der Waals surface area contributed by atoms with Gasteiger partial charge in [0.2, 0.25) is 5.91 Å². The number of carboxylic acid groups (broad SMARTS) is 1. The number of nitrogens with zero attached hydrogens (tertiary/aromatic N) is 2. The number of likely N-dealkylation sites (tertiary alicyclic amines) is 1. The van der Waals surface area contributed by atoms with Crippen molar-refractivity contribution in [1.29, 1.82) is 0 Å². The predicted octanol–water partition coefficient (Wildman–Crippen LogP) is 5.31. The number of rotatable bonds is 8. The van der Waals surface area contributed by atoms with Crippen LogP contribution in [0.5, 0.6) is 5.75 Å². The van der Waals surface area contributed by atoms with Crippen LogP contribution < -0.4 is 4.74 Å². The number of carbonyl (C=O) groups excluding carboxylic acids is 1. The number of carbonyl (C=O) groups is 2. The zero-order valence-corrected chi connectivity index (χ0v) is 18.9. The number of benzene rings is 2. The third-order valence-electron chi connectivity index (χ3n) is 5.80. The molecule has 1 fully saturated rings. The minimum absolute atomic E-state index is 0.00573. The maximum atomic E-state index is 13.0. The van der Waals surface area contributed by atoms with Gasteiger partial charge in [0.1, 0.15) is 12.4 Å². The van der Waals surface area contributed by atoms with Crippen LogP contribution in [0.3, 0.4) is 0 Å². The van der Waals surface area contributed by atoms with E-state index in [2.05, 4.69) is 4.98 Å². The van der Waals surface area contributed by atoms with Gasteiger partial charge in [0.15, 0.2) is 0 Å². The zero-order valence-electron chi connectivity index (χ0n) is 18.1. The summed E-state index contributed by atoms with van der Waals surface area (Å²) in [5.41, 5.74) is 2.25. The summed E-state index contributed by atoms with van der Waals surface area (Å²) in [6, 6.07) is 19.9. The summed E-state index contributed by atoms with van der Waals surface area (Å²) in [5, 5.41) is 10.2. The van der Waals surface area contributed by atoms with E-state index in [1.165, 1.54) is 0 Å². The number of aryl methyl sites for hydroxylation is 1. The quantitative estimate of drug-likeness (QED) is 0.488. The highest BCUT2D eigenvalue weighted by Gasteiger charge is 2.31. The first-order valence-corrected chi connectivity index (χ1v) is 11.3. The van der Waals surface area contributed by atoms with Gasteiger partial charge in [0, 0.05) is 18.0 Å². The van der Waals surface area contributed by atoms with Crippen LogP contribution in [0, 0.1) is 0 Å². The average molecular weight is 465 g/mol. The Kier molecular flexibility index (Phi) is 7.25. The molecule has 2 aromatic carbocycles. The molecule has 0 saturated carbocycles. The molecule has 33 heavy (non-hydrogen) atoms.